The molecule has 0 spiro atoms. The molecule has 2 fully saturated rings. The van der Waals surface area contributed by atoms with E-state index in [0.717, 1.165) is 35.0 Å². The molecule has 43 heavy (non-hydrogen) atoms. The molecule has 5 aromatic rings. The molecule has 0 amide bonds. The molecular formula is C33H42ClN8Os. The predicted molar refractivity (Wildman–Crippen MR) is 169 cm³/mol. The average molecular weight is 776 g/mol. The molecule has 0 radical (unpaired) electrons. The average Bonchev–Trinajstić information content (AvgIpc) is 3.86. The van der Waals surface area contributed by atoms with Crippen LogP contribution in [-0.4, -0.2) is 38.6 Å². The van der Waals surface area contributed by atoms with Gasteiger partial charge < -0.3 is 13.7 Å². The van der Waals surface area contributed by atoms with Crippen molar-refractivity contribution in [3.05, 3.63) is 91.8 Å². The van der Waals surface area contributed by atoms with Gasteiger partial charge in [-0.3, -0.25) is 9.97 Å². The Morgan fingerprint density at radius 1 is 0.581 bits per heavy atom. The number of hydrogen-bond donors (Lipinski definition) is 0. The summed E-state index contributed by atoms with van der Waals surface area (Å²) < 4.78 is 6.42. The minimum atomic E-state index is 0.751. The van der Waals surface area contributed by atoms with E-state index in [9.17, 15) is 0 Å². The van der Waals surface area contributed by atoms with Gasteiger partial charge in [0.15, 0.2) is 11.6 Å². The molecule has 0 atom stereocenters. The van der Waals surface area contributed by atoms with Crippen molar-refractivity contribution in [3.63, 3.8) is 0 Å². The Bertz CT molecular complexity index is 1330. The van der Waals surface area contributed by atoms with Gasteiger partial charge in [-0.15, -0.1) is 0 Å². The Kier molecular flexibility index (Phi) is 13.6. The second kappa shape index (κ2) is 17.8. The maximum Gasteiger partial charge on any atom is 0.112 e. The molecule has 10 heteroatoms. The zero-order valence-corrected chi connectivity index (χ0v) is 28.4. The third kappa shape index (κ3) is 9.42. The zero-order chi connectivity index (χ0) is 30.3. The molecule has 2 aliphatic rings. The van der Waals surface area contributed by atoms with Crippen molar-refractivity contribution in [2.24, 2.45) is 14.1 Å². The molecule has 7 rings (SSSR count). The minimum Gasteiger partial charge on any atom is -0.332 e. The number of nitrogens with zero attached hydrogens (tertiary/aromatic N) is 8. The summed E-state index contributed by atoms with van der Waals surface area (Å²) in [4.78, 5) is 21.4. The van der Waals surface area contributed by atoms with Crippen molar-refractivity contribution >= 4 is 9.64 Å². The van der Waals surface area contributed by atoms with Gasteiger partial charge in [0.2, 0.25) is 0 Å². The van der Waals surface area contributed by atoms with E-state index < -0.39 is 0 Å². The third-order valence-electron chi connectivity index (χ3n) is 8.07. The summed E-state index contributed by atoms with van der Waals surface area (Å²) in [5.74, 6) is 3.95. The van der Waals surface area contributed by atoms with E-state index in [0.29, 0.717) is 0 Å². The topological polar surface area (TPSA) is 79.2 Å². The largest absolute Gasteiger partial charge is 0.332 e. The molecule has 5 aromatic heterocycles. The van der Waals surface area contributed by atoms with E-state index in [1.54, 1.807) is 24.8 Å². The number of rotatable bonds is 4. The maximum atomic E-state index is 4.68. The van der Waals surface area contributed by atoms with Crippen LogP contribution < -0.4 is 0 Å². The van der Waals surface area contributed by atoms with Crippen LogP contribution in [0.1, 0.15) is 82.0 Å². The molecule has 2 saturated carbocycles. The first kappa shape index (κ1) is 32.8. The van der Waals surface area contributed by atoms with Gasteiger partial charge in [-0.1, -0.05) is 50.7 Å². The van der Waals surface area contributed by atoms with E-state index in [1.165, 1.54) is 87.6 Å². The van der Waals surface area contributed by atoms with Gasteiger partial charge >= 0.3 is 27.2 Å². The van der Waals surface area contributed by atoms with Gasteiger partial charge in [0.05, 0.1) is 0 Å². The van der Waals surface area contributed by atoms with Crippen LogP contribution >= 0.6 is 9.64 Å². The Hall–Kier alpha value is -3.14. The van der Waals surface area contributed by atoms with E-state index >= 15 is 0 Å². The second-order valence-corrected chi connectivity index (χ2v) is 11.0. The summed E-state index contributed by atoms with van der Waals surface area (Å²) in [6, 6.07) is 12.3. The van der Waals surface area contributed by atoms with Crippen molar-refractivity contribution in [1.82, 2.24) is 38.6 Å². The van der Waals surface area contributed by atoms with Crippen LogP contribution in [0.15, 0.2) is 86.0 Å². The Labute approximate surface area is 269 Å². The molecule has 229 valence electrons. The summed E-state index contributed by atoms with van der Waals surface area (Å²) in [5.41, 5.74) is 1.81. The summed E-state index contributed by atoms with van der Waals surface area (Å²) in [5, 5.41) is 0. The second-order valence-electron chi connectivity index (χ2n) is 11.0. The molecule has 0 saturated heterocycles. The first-order valence-electron chi connectivity index (χ1n) is 15.1. The molecule has 8 nitrogen and oxygen atoms in total. The number of halogens is 1. The van der Waals surface area contributed by atoms with E-state index in [4.69, 9.17) is 0 Å². The Balaban J connectivity index is 0.000000147. The van der Waals surface area contributed by atoms with Crippen LogP contribution in [0.4, 0.5) is 0 Å². The zero-order valence-electron chi connectivity index (χ0n) is 25.1. The van der Waals surface area contributed by atoms with Crippen molar-refractivity contribution in [2.45, 2.75) is 76.2 Å². The quantitative estimate of drug-likeness (QED) is 0.185. The summed E-state index contributed by atoms with van der Waals surface area (Å²) in [6.45, 7) is 0. The van der Waals surface area contributed by atoms with Gasteiger partial charge in [-0.05, 0) is 49.9 Å². The van der Waals surface area contributed by atoms with Crippen LogP contribution in [0, 0.1) is 0 Å². The summed E-state index contributed by atoms with van der Waals surface area (Å²) in [7, 11) is 8.58. The van der Waals surface area contributed by atoms with E-state index in [-0.39, 0.29) is 0 Å². The molecule has 5 heterocycles. The fraction of sp³-hybridized carbons (Fsp3) is 0.424. The van der Waals surface area contributed by atoms with E-state index in [1.807, 2.05) is 78.2 Å². The van der Waals surface area contributed by atoms with Gasteiger partial charge in [0.25, 0.3) is 0 Å². The number of aryl methyl sites for hydroxylation is 2. The molecule has 0 bridgehead atoms. The van der Waals surface area contributed by atoms with Gasteiger partial charge in [-0.2, -0.15) is 0 Å². The van der Waals surface area contributed by atoms with Crippen molar-refractivity contribution in [1.29, 1.82) is 0 Å². The fourth-order valence-corrected chi connectivity index (χ4v) is 5.88. The number of pyridine rings is 2. The molecular weight excluding hydrogens is 734 g/mol. The van der Waals surface area contributed by atoms with Gasteiger partial charge in [0, 0.05) is 75.6 Å². The monoisotopic (exact) mass is 777 g/mol. The van der Waals surface area contributed by atoms with Gasteiger partial charge in [0.1, 0.15) is 17.2 Å². The van der Waals surface area contributed by atoms with Crippen LogP contribution in [0.5, 0.6) is 0 Å². The van der Waals surface area contributed by atoms with Crippen molar-refractivity contribution < 1.29 is 17.6 Å². The Morgan fingerprint density at radius 2 is 1.07 bits per heavy atom. The Morgan fingerprint density at radius 3 is 1.51 bits per heavy atom. The normalized spacial score (nSPS) is 15.3. The van der Waals surface area contributed by atoms with Crippen LogP contribution in [0.2, 0.25) is 0 Å². The van der Waals surface area contributed by atoms with Crippen molar-refractivity contribution in [2.75, 3.05) is 0 Å². The number of hydrogen-bond acceptors (Lipinski definition) is 5. The summed E-state index contributed by atoms with van der Waals surface area (Å²) >= 11 is 1.33. The SMILES string of the molecule is Cn1ccnc1-c1ccccn1.Cn1ccnc1-c1ccccn1.[Cl][Os].c1cn(C2CCCCC2)c(C2CCCCC2)n1. The minimum absolute atomic E-state index is 0.751. The van der Waals surface area contributed by atoms with Crippen molar-refractivity contribution in [3.8, 4) is 23.0 Å². The first-order chi connectivity index (χ1) is 21.2. The first-order valence-corrected chi connectivity index (χ1v) is 18.3. The fourth-order valence-electron chi connectivity index (χ4n) is 5.88. The van der Waals surface area contributed by atoms with Gasteiger partial charge in [-0.25, -0.2) is 15.0 Å². The smallest absolute Gasteiger partial charge is 0.112 e. The van der Waals surface area contributed by atoms with Crippen LogP contribution in [0.25, 0.3) is 23.0 Å². The number of aromatic nitrogens is 8. The van der Waals surface area contributed by atoms with Crippen LogP contribution in [-0.2, 0) is 31.7 Å². The van der Waals surface area contributed by atoms with E-state index in [2.05, 4.69) is 45.3 Å². The standard InChI is InChI=1S/C15H24N2.2C9H9N3.ClH.Os/c1-3-7-13(8-4-1)15-16-11-12-17(15)14-9-5-2-6-10-14;2*1-12-7-6-11-9(12)8-4-2-3-5-10-8;;/h11-14H,1-10H2;2*2-7H,1H3;1H;/q;;;;+1/p-1. The molecule has 0 aliphatic heterocycles. The molecule has 0 aromatic carbocycles. The third-order valence-corrected chi connectivity index (χ3v) is 8.07. The molecule has 0 unspecified atom stereocenters. The van der Waals surface area contributed by atoms with Crippen LogP contribution in [0.3, 0.4) is 0 Å². The summed E-state index contributed by atoms with van der Waals surface area (Å²) in [6.07, 6.45) is 29.1. The number of imidazole rings is 3. The molecule has 0 N–H and O–H groups in total. The molecule has 2 aliphatic carbocycles. The maximum absolute atomic E-state index is 4.68. The predicted octanol–water partition coefficient (Wildman–Crippen LogP) is 8.09.